The first kappa shape index (κ1) is 23.5. The van der Waals surface area contributed by atoms with E-state index in [1.165, 1.54) is 32.1 Å². The Morgan fingerprint density at radius 2 is 1.23 bits per heavy atom. The maximum absolute atomic E-state index is 10.1. The van der Waals surface area contributed by atoms with Gasteiger partial charge in [-0.15, -0.1) is 0 Å². The first-order valence-corrected chi connectivity index (χ1v) is 7.88. The fourth-order valence-electron chi connectivity index (χ4n) is 1.71. The van der Waals surface area contributed by atoms with Crippen molar-refractivity contribution in [2.24, 2.45) is 0 Å². The van der Waals surface area contributed by atoms with Gasteiger partial charge < -0.3 is 30.6 Å². The van der Waals surface area contributed by atoms with Crippen molar-refractivity contribution in [3.05, 3.63) is 0 Å². The summed E-state index contributed by atoms with van der Waals surface area (Å²) in [5.74, 6) is -0.663. The number of carbonyl (C=O) groups is 1. The van der Waals surface area contributed by atoms with Crippen LogP contribution < -0.4 is 0 Å². The Labute approximate surface area is 132 Å². The van der Waals surface area contributed by atoms with Crippen molar-refractivity contribution in [1.82, 2.24) is 0 Å². The van der Waals surface area contributed by atoms with Crippen LogP contribution >= 0.6 is 0 Å². The number of hydrogen-bond donors (Lipinski definition) is 6. The number of carboxylic acids is 1. The molecule has 0 aliphatic rings. The summed E-state index contributed by atoms with van der Waals surface area (Å²) in [6.07, 6.45) is 4.35. The predicted molar refractivity (Wildman–Crippen MR) is 82.4 cm³/mol. The van der Waals surface area contributed by atoms with Crippen molar-refractivity contribution in [1.29, 1.82) is 0 Å². The Balaban J connectivity index is 0. The van der Waals surface area contributed by atoms with E-state index in [0.717, 1.165) is 12.8 Å². The summed E-state index contributed by atoms with van der Waals surface area (Å²) in [6, 6.07) is 0. The molecule has 0 saturated heterocycles. The normalized spacial score (nSPS) is 14.6. The molecular weight excluding hydrogens is 292 g/mol. The highest BCUT2D eigenvalue weighted by Crippen LogP contribution is 2.07. The molecule has 2 unspecified atom stereocenters. The van der Waals surface area contributed by atoms with Crippen LogP contribution in [0.5, 0.6) is 0 Å². The van der Waals surface area contributed by atoms with Crippen LogP contribution in [0.15, 0.2) is 0 Å². The predicted octanol–water partition coefficient (Wildman–Crippen LogP) is 0.265. The molecule has 0 saturated carbocycles. The second kappa shape index (κ2) is 16.6. The average molecular weight is 324 g/mol. The van der Waals surface area contributed by atoms with Crippen molar-refractivity contribution in [3.63, 3.8) is 0 Å². The minimum absolute atomic E-state index is 0.341. The van der Waals surface area contributed by atoms with Crippen molar-refractivity contribution >= 4 is 5.97 Å². The lowest BCUT2D eigenvalue weighted by atomic mass is 10.1. The molecule has 0 rings (SSSR count). The van der Waals surface area contributed by atoms with Gasteiger partial charge in [-0.2, -0.15) is 0 Å². The van der Waals surface area contributed by atoms with Crippen LogP contribution in [0.1, 0.15) is 58.3 Å². The van der Waals surface area contributed by atoms with E-state index in [1.54, 1.807) is 0 Å². The van der Waals surface area contributed by atoms with Crippen molar-refractivity contribution in [3.8, 4) is 0 Å². The van der Waals surface area contributed by atoms with Crippen LogP contribution in [0.4, 0.5) is 0 Å². The zero-order chi connectivity index (χ0) is 17.4. The summed E-state index contributed by atoms with van der Waals surface area (Å²) in [4.78, 5) is 10.1. The van der Waals surface area contributed by atoms with Crippen molar-refractivity contribution in [2.45, 2.75) is 76.6 Å². The van der Waals surface area contributed by atoms with Gasteiger partial charge in [-0.05, 0) is 6.42 Å². The van der Waals surface area contributed by atoms with E-state index >= 15 is 0 Å². The molecule has 0 heterocycles. The van der Waals surface area contributed by atoms with E-state index in [2.05, 4.69) is 6.92 Å². The topological polar surface area (TPSA) is 138 Å². The van der Waals surface area contributed by atoms with Crippen LogP contribution in [0, 0.1) is 0 Å². The van der Waals surface area contributed by atoms with Crippen molar-refractivity contribution < 1.29 is 35.4 Å². The highest BCUT2D eigenvalue weighted by atomic mass is 16.4. The van der Waals surface area contributed by atoms with E-state index in [0.29, 0.717) is 6.42 Å². The smallest absolute Gasteiger partial charge is 0.303 e. The second-order valence-electron chi connectivity index (χ2n) is 5.26. The monoisotopic (exact) mass is 324 g/mol. The van der Waals surface area contributed by atoms with Gasteiger partial charge in [-0.1, -0.05) is 45.4 Å². The molecular formula is C15H32O7. The molecule has 0 aliphatic heterocycles. The summed E-state index contributed by atoms with van der Waals surface area (Å²) in [6.45, 7) is 0.918. The van der Waals surface area contributed by atoms with Crippen molar-refractivity contribution in [2.75, 3.05) is 13.2 Å². The Kier molecular flexibility index (Phi) is 17.8. The third kappa shape index (κ3) is 15.7. The maximum Gasteiger partial charge on any atom is 0.303 e. The standard InChI is InChI=1S/C10H20O2.C5H12O5/c1-2-3-4-5-6-7-8-9-10(11)12;6-1-3(8)5(10)4(9)2-7/h2-9H2,1H3,(H,11,12);3-10H,1-2H2. The maximum atomic E-state index is 10.1. The molecule has 0 aliphatic carbocycles. The minimum atomic E-state index is -1.49. The molecule has 0 radical (unpaired) electrons. The van der Waals surface area contributed by atoms with Gasteiger partial charge in [-0.3, -0.25) is 4.79 Å². The first-order chi connectivity index (χ1) is 10.4. The van der Waals surface area contributed by atoms with Gasteiger partial charge in [0.25, 0.3) is 0 Å². The van der Waals surface area contributed by atoms with E-state index in [-0.39, 0.29) is 0 Å². The number of carboxylic acid groups (broad SMARTS) is 1. The molecule has 0 aromatic rings. The van der Waals surface area contributed by atoms with Gasteiger partial charge in [0, 0.05) is 6.42 Å². The molecule has 0 aromatic carbocycles. The van der Waals surface area contributed by atoms with Crippen LogP contribution in [0.3, 0.4) is 0 Å². The first-order valence-electron chi connectivity index (χ1n) is 7.88. The lowest BCUT2D eigenvalue weighted by Crippen LogP contribution is -2.41. The third-order valence-electron chi connectivity index (χ3n) is 3.16. The quantitative estimate of drug-likeness (QED) is 0.283. The SMILES string of the molecule is CCCCCCCCCC(=O)O.OCC(O)C(O)C(O)CO. The fraction of sp³-hybridized carbons (Fsp3) is 0.933. The fourth-order valence-corrected chi connectivity index (χ4v) is 1.71. The Bertz CT molecular complexity index is 238. The molecule has 6 N–H and O–H groups in total. The zero-order valence-corrected chi connectivity index (χ0v) is 13.4. The highest BCUT2D eigenvalue weighted by molar-refractivity contribution is 5.66. The molecule has 0 bridgehead atoms. The molecule has 2 atom stereocenters. The minimum Gasteiger partial charge on any atom is -0.481 e. The van der Waals surface area contributed by atoms with Gasteiger partial charge in [0.1, 0.15) is 18.3 Å². The summed E-state index contributed by atoms with van der Waals surface area (Å²) >= 11 is 0. The number of rotatable bonds is 12. The number of aliphatic hydroxyl groups excluding tert-OH is 5. The van der Waals surface area contributed by atoms with Gasteiger partial charge in [0.15, 0.2) is 0 Å². The molecule has 134 valence electrons. The zero-order valence-electron chi connectivity index (χ0n) is 13.4. The molecule has 7 nitrogen and oxygen atoms in total. The number of aliphatic hydroxyl groups is 5. The number of unbranched alkanes of at least 4 members (excludes halogenated alkanes) is 6. The molecule has 7 heteroatoms. The van der Waals surface area contributed by atoms with E-state index in [1.807, 2.05) is 0 Å². The Hall–Kier alpha value is -0.730. The van der Waals surface area contributed by atoms with Crippen LogP contribution in [0.2, 0.25) is 0 Å². The number of aliphatic carboxylic acids is 1. The summed E-state index contributed by atoms with van der Waals surface area (Å²) in [5, 5.41) is 50.9. The largest absolute Gasteiger partial charge is 0.481 e. The van der Waals surface area contributed by atoms with Crippen LogP contribution in [0.25, 0.3) is 0 Å². The van der Waals surface area contributed by atoms with Crippen LogP contribution in [-0.2, 0) is 4.79 Å². The molecule has 0 fully saturated rings. The molecule has 22 heavy (non-hydrogen) atoms. The van der Waals surface area contributed by atoms with Gasteiger partial charge in [0.2, 0.25) is 0 Å². The Morgan fingerprint density at radius 3 is 1.59 bits per heavy atom. The summed E-state index contributed by atoms with van der Waals surface area (Å²) < 4.78 is 0. The Morgan fingerprint density at radius 1 is 0.818 bits per heavy atom. The number of hydrogen-bond acceptors (Lipinski definition) is 6. The van der Waals surface area contributed by atoms with Gasteiger partial charge >= 0.3 is 5.97 Å². The van der Waals surface area contributed by atoms with E-state index < -0.39 is 37.5 Å². The lowest BCUT2D eigenvalue weighted by Gasteiger charge is -2.19. The highest BCUT2D eigenvalue weighted by Gasteiger charge is 2.22. The molecule has 0 aromatic heterocycles. The second-order valence-corrected chi connectivity index (χ2v) is 5.26. The molecule has 0 spiro atoms. The van der Waals surface area contributed by atoms with E-state index in [4.69, 9.17) is 30.6 Å². The summed E-state index contributed by atoms with van der Waals surface area (Å²) in [5.41, 5.74) is 0. The molecule has 0 amide bonds. The average Bonchev–Trinajstić information content (AvgIpc) is 2.52. The summed E-state index contributed by atoms with van der Waals surface area (Å²) in [7, 11) is 0. The third-order valence-corrected chi connectivity index (χ3v) is 3.16. The van der Waals surface area contributed by atoms with E-state index in [9.17, 15) is 4.79 Å². The van der Waals surface area contributed by atoms with Crippen LogP contribution in [-0.4, -0.2) is 68.1 Å². The van der Waals surface area contributed by atoms with Gasteiger partial charge in [0.05, 0.1) is 13.2 Å². The lowest BCUT2D eigenvalue weighted by molar-refractivity contribution is -0.137. The van der Waals surface area contributed by atoms with Gasteiger partial charge in [-0.25, -0.2) is 0 Å².